The van der Waals surface area contributed by atoms with Crippen LogP contribution in [0.25, 0.3) is 11.0 Å². The normalized spacial score (nSPS) is 23.3. The van der Waals surface area contributed by atoms with E-state index in [9.17, 15) is 4.79 Å². The molecule has 1 N–H and O–H groups in total. The molecule has 1 saturated carbocycles. The van der Waals surface area contributed by atoms with E-state index < -0.39 is 5.97 Å². The van der Waals surface area contributed by atoms with Crippen LogP contribution in [0.15, 0.2) is 34.9 Å². The standard InChI is InChI=1S/C13H12O4/c14-13(15)9-6-10(7-9)17-11-3-1-2-8-4-5-16-12(8)11/h1-5,9-10H,6-7H2,(H,14,15). The molecule has 2 aromatic rings. The highest BCUT2D eigenvalue weighted by Crippen LogP contribution is 2.34. The van der Waals surface area contributed by atoms with Gasteiger partial charge in [0, 0.05) is 5.39 Å². The van der Waals surface area contributed by atoms with E-state index in [0.29, 0.717) is 18.6 Å². The summed E-state index contributed by atoms with van der Waals surface area (Å²) in [6.07, 6.45) is 2.77. The number of furan rings is 1. The molecule has 1 aromatic heterocycles. The summed E-state index contributed by atoms with van der Waals surface area (Å²) in [5, 5.41) is 9.78. The van der Waals surface area contributed by atoms with E-state index in [1.54, 1.807) is 6.26 Å². The molecule has 0 amide bonds. The maximum Gasteiger partial charge on any atom is 0.306 e. The second-order valence-electron chi connectivity index (χ2n) is 4.34. The molecule has 0 radical (unpaired) electrons. The molecule has 4 heteroatoms. The van der Waals surface area contributed by atoms with Gasteiger partial charge in [0.1, 0.15) is 6.10 Å². The van der Waals surface area contributed by atoms with Crippen molar-refractivity contribution in [1.82, 2.24) is 0 Å². The molecule has 4 nitrogen and oxygen atoms in total. The number of carboxylic acid groups (broad SMARTS) is 1. The second-order valence-corrected chi connectivity index (χ2v) is 4.34. The average Bonchev–Trinajstić information content (AvgIpc) is 2.70. The lowest BCUT2D eigenvalue weighted by Gasteiger charge is -2.32. The van der Waals surface area contributed by atoms with Gasteiger partial charge in [-0.15, -0.1) is 0 Å². The molecule has 0 bridgehead atoms. The molecule has 1 aromatic carbocycles. The lowest BCUT2D eigenvalue weighted by atomic mass is 9.82. The van der Waals surface area contributed by atoms with Crippen molar-refractivity contribution in [3.63, 3.8) is 0 Å². The fourth-order valence-corrected chi connectivity index (χ4v) is 2.10. The van der Waals surface area contributed by atoms with E-state index in [4.69, 9.17) is 14.3 Å². The van der Waals surface area contributed by atoms with Crippen molar-refractivity contribution in [1.29, 1.82) is 0 Å². The molecule has 0 unspecified atom stereocenters. The van der Waals surface area contributed by atoms with Crippen LogP contribution in [0, 0.1) is 5.92 Å². The van der Waals surface area contributed by atoms with E-state index in [-0.39, 0.29) is 12.0 Å². The van der Waals surface area contributed by atoms with E-state index in [2.05, 4.69) is 0 Å². The molecule has 0 spiro atoms. The second kappa shape index (κ2) is 3.80. The predicted molar refractivity (Wildman–Crippen MR) is 61.0 cm³/mol. The molecular formula is C13H12O4. The van der Waals surface area contributed by atoms with Gasteiger partial charge in [-0.3, -0.25) is 4.79 Å². The zero-order valence-corrected chi connectivity index (χ0v) is 9.13. The van der Waals surface area contributed by atoms with Crippen LogP contribution < -0.4 is 4.74 Å². The Balaban J connectivity index is 1.74. The van der Waals surface area contributed by atoms with E-state index in [1.807, 2.05) is 24.3 Å². The zero-order chi connectivity index (χ0) is 11.8. The van der Waals surface area contributed by atoms with Crippen molar-refractivity contribution in [2.24, 2.45) is 5.92 Å². The monoisotopic (exact) mass is 232 g/mol. The quantitative estimate of drug-likeness (QED) is 0.883. The highest BCUT2D eigenvalue weighted by molar-refractivity contribution is 5.82. The predicted octanol–water partition coefficient (Wildman–Crippen LogP) is 2.67. The van der Waals surface area contributed by atoms with Crippen LogP contribution >= 0.6 is 0 Å². The minimum absolute atomic E-state index is 0.00759. The first-order valence-electron chi connectivity index (χ1n) is 5.60. The Labute approximate surface area is 97.8 Å². The molecule has 17 heavy (non-hydrogen) atoms. The number of benzene rings is 1. The number of hydrogen-bond acceptors (Lipinski definition) is 3. The molecule has 0 atom stereocenters. The molecule has 1 heterocycles. The summed E-state index contributed by atoms with van der Waals surface area (Å²) in [7, 11) is 0. The Morgan fingerprint density at radius 3 is 2.94 bits per heavy atom. The molecular weight excluding hydrogens is 220 g/mol. The number of hydrogen-bond donors (Lipinski definition) is 1. The number of fused-ring (bicyclic) bond motifs is 1. The topological polar surface area (TPSA) is 59.7 Å². The van der Waals surface area contributed by atoms with Gasteiger partial charge in [0.2, 0.25) is 0 Å². The largest absolute Gasteiger partial charge is 0.486 e. The Morgan fingerprint density at radius 1 is 1.35 bits per heavy atom. The van der Waals surface area contributed by atoms with Crippen molar-refractivity contribution in [2.75, 3.05) is 0 Å². The third kappa shape index (κ3) is 1.75. The summed E-state index contributed by atoms with van der Waals surface area (Å²) in [5.41, 5.74) is 0.728. The fraction of sp³-hybridized carbons (Fsp3) is 0.308. The summed E-state index contributed by atoms with van der Waals surface area (Å²) in [6, 6.07) is 7.58. The molecule has 3 rings (SSSR count). The number of carboxylic acids is 1. The third-order valence-corrected chi connectivity index (χ3v) is 3.18. The Kier molecular flexibility index (Phi) is 2.28. The highest BCUT2D eigenvalue weighted by atomic mass is 16.5. The highest BCUT2D eigenvalue weighted by Gasteiger charge is 2.36. The van der Waals surface area contributed by atoms with E-state index >= 15 is 0 Å². The van der Waals surface area contributed by atoms with Crippen LogP contribution in [0.4, 0.5) is 0 Å². The number of ether oxygens (including phenoxy) is 1. The van der Waals surface area contributed by atoms with Gasteiger partial charge in [-0.1, -0.05) is 12.1 Å². The molecule has 1 aliphatic rings. The van der Waals surface area contributed by atoms with Crippen LogP contribution in [0.2, 0.25) is 0 Å². The maximum absolute atomic E-state index is 10.7. The summed E-state index contributed by atoms with van der Waals surface area (Å²) in [6.45, 7) is 0. The Morgan fingerprint density at radius 2 is 2.18 bits per heavy atom. The van der Waals surface area contributed by atoms with Gasteiger partial charge >= 0.3 is 5.97 Å². The number of para-hydroxylation sites is 1. The van der Waals surface area contributed by atoms with Gasteiger partial charge in [-0.25, -0.2) is 0 Å². The summed E-state index contributed by atoms with van der Waals surface area (Å²) in [5.74, 6) is -0.293. The van der Waals surface area contributed by atoms with Crippen molar-refractivity contribution < 1.29 is 19.1 Å². The van der Waals surface area contributed by atoms with Gasteiger partial charge in [-0.05, 0) is 25.0 Å². The smallest absolute Gasteiger partial charge is 0.306 e. The fourth-order valence-electron chi connectivity index (χ4n) is 2.10. The van der Waals surface area contributed by atoms with Gasteiger partial charge in [0.25, 0.3) is 0 Å². The van der Waals surface area contributed by atoms with Crippen molar-refractivity contribution in [3.8, 4) is 5.75 Å². The number of aliphatic carboxylic acids is 1. The van der Waals surface area contributed by atoms with Gasteiger partial charge in [0.05, 0.1) is 12.2 Å². The molecule has 1 aliphatic carbocycles. The van der Waals surface area contributed by atoms with E-state index in [1.165, 1.54) is 0 Å². The first-order valence-corrected chi connectivity index (χ1v) is 5.60. The van der Waals surface area contributed by atoms with Crippen molar-refractivity contribution in [3.05, 3.63) is 30.5 Å². The lowest BCUT2D eigenvalue weighted by molar-refractivity contribution is -0.147. The number of rotatable bonds is 3. The van der Waals surface area contributed by atoms with Crippen LogP contribution in [0.1, 0.15) is 12.8 Å². The van der Waals surface area contributed by atoms with Crippen molar-refractivity contribution >= 4 is 16.9 Å². The SMILES string of the molecule is O=C(O)C1CC(Oc2cccc3ccoc23)C1. The van der Waals surface area contributed by atoms with Crippen LogP contribution in [-0.2, 0) is 4.79 Å². The summed E-state index contributed by atoms with van der Waals surface area (Å²) in [4.78, 5) is 10.7. The maximum atomic E-state index is 10.7. The van der Waals surface area contributed by atoms with Crippen LogP contribution in [-0.4, -0.2) is 17.2 Å². The zero-order valence-electron chi connectivity index (χ0n) is 9.13. The first kappa shape index (κ1) is 10.2. The Bertz CT molecular complexity index is 551. The molecule has 0 aliphatic heterocycles. The minimum atomic E-state index is -0.735. The first-order chi connectivity index (χ1) is 8.24. The van der Waals surface area contributed by atoms with Crippen LogP contribution in [0.3, 0.4) is 0 Å². The third-order valence-electron chi connectivity index (χ3n) is 3.18. The van der Waals surface area contributed by atoms with Gasteiger partial charge < -0.3 is 14.3 Å². The van der Waals surface area contributed by atoms with Gasteiger partial charge in [0.15, 0.2) is 11.3 Å². The Hall–Kier alpha value is -1.97. The molecule has 1 fully saturated rings. The molecule has 0 saturated heterocycles. The minimum Gasteiger partial charge on any atom is -0.486 e. The molecule has 88 valence electrons. The summed E-state index contributed by atoms with van der Waals surface area (Å²) < 4.78 is 11.1. The average molecular weight is 232 g/mol. The summed E-state index contributed by atoms with van der Waals surface area (Å²) >= 11 is 0. The number of carbonyl (C=O) groups is 1. The van der Waals surface area contributed by atoms with Crippen LogP contribution in [0.5, 0.6) is 5.75 Å². The lowest BCUT2D eigenvalue weighted by Crippen LogP contribution is -2.38. The van der Waals surface area contributed by atoms with Crippen molar-refractivity contribution in [2.45, 2.75) is 18.9 Å². The van der Waals surface area contributed by atoms with E-state index in [0.717, 1.165) is 11.0 Å². The van der Waals surface area contributed by atoms with Gasteiger partial charge in [-0.2, -0.15) is 0 Å².